The number of pyridine rings is 1. The first-order valence-corrected chi connectivity index (χ1v) is 6.82. The fraction of sp³-hybridized carbons (Fsp3) is 0.438. The van der Waals surface area contributed by atoms with Gasteiger partial charge < -0.3 is 4.74 Å². The van der Waals surface area contributed by atoms with Crippen molar-refractivity contribution < 1.29 is 4.74 Å². The van der Waals surface area contributed by atoms with Gasteiger partial charge in [-0.25, -0.2) is 0 Å². The Balaban J connectivity index is 2.11. The van der Waals surface area contributed by atoms with E-state index in [-0.39, 0.29) is 0 Å². The first-order valence-electron chi connectivity index (χ1n) is 6.82. The van der Waals surface area contributed by atoms with E-state index in [0.717, 1.165) is 11.3 Å². The van der Waals surface area contributed by atoms with Crippen LogP contribution in [0.5, 0.6) is 5.75 Å². The van der Waals surface area contributed by atoms with Crippen molar-refractivity contribution in [2.75, 3.05) is 7.11 Å². The van der Waals surface area contributed by atoms with Gasteiger partial charge in [0.1, 0.15) is 11.3 Å². The van der Waals surface area contributed by atoms with Crippen LogP contribution in [0.15, 0.2) is 30.5 Å². The molecule has 1 saturated carbocycles. The molecule has 0 amide bonds. The molecule has 0 saturated heterocycles. The molecule has 3 rings (SSSR count). The van der Waals surface area contributed by atoms with Gasteiger partial charge in [-0.3, -0.25) is 4.98 Å². The van der Waals surface area contributed by atoms with Gasteiger partial charge in [0.25, 0.3) is 0 Å². The smallest absolute Gasteiger partial charge is 0.145 e. The molecule has 0 N–H and O–H groups in total. The summed E-state index contributed by atoms with van der Waals surface area (Å²) in [6.07, 6.45) is 8.67. The SMILES string of the molecule is COc1cccc2c(C3CCCCC3)ccnc12. The van der Waals surface area contributed by atoms with Crippen molar-refractivity contribution in [1.29, 1.82) is 0 Å². The third kappa shape index (κ3) is 1.96. The molecule has 1 aliphatic rings. The molecule has 2 aromatic rings. The minimum absolute atomic E-state index is 0.705. The fourth-order valence-electron chi connectivity index (χ4n) is 3.10. The number of methoxy groups -OCH3 is 1. The van der Waals surface area contributed by atoms with Gasteiger partial charge in [0.15, 0.2) is 0 Å². The summed E-state index contributed by atoms with van der Waals surface area (Å²) in [6.45, 7) is 0. The Morgan fingerprint density at radius 2 is 1.94 bits per heavy atom. The van der Waals surface area contributed by atoms with Crippen molar-refractivity contribution in [3.63, 3.8) is 0 Å². The summed E-state index contributed by atoms with van der Waals surface area (Å²) in [5.74, 6) is 1.58. The summed E-state index contributed by atoms with van der Waals surface area (Å²) in [7, 11) is 1.71. The van der Waals surface area contributed by atoms with Gasteiger partial charge in [0.2, 0.25) is 0 Å². The summed E-state index contributed by atoms with van der Waals surface area (Å²) in [5, 5.41) is 1.27. The minimum atomic E-state index is 0.705. The third-order valence-electron chi connectivity index (χ3n) is 4.03. The largest absolute Gasteiger partial charge is 0.494 e. The number of benzene rings is 1. The Morgan fingerprint density at radius 3 is 2.72 bits per heavy atom. The Bertz CT molecular complexity index is 544. The zero-order valence-electron chi connectivity index (χ0n) is 10.9. The first-order chi connectivity index (χ1) is 8.90. The second-order valence-electron chi connectivity index (χ2n) is 5.09. The average Bonchev–Trinajstić information content (AvgIpc) is 2.47. The Hall–Kier alpha value is -1.57. The van der Waals surface area contributed by atoms with Gasteiger partial charge in [-0.2, -0.15) is 0 Å². The fourth-order valence-corrected chi connectivity index (χ4v) is 3.10. The van der Waals surface area contributed by atoms with Crippen molar-refractivity contribution in [3.05, 3.63) is 36.0 Å². The Kier molecular flexibility index (Phi) is 3.18. The van der Waals surface area contributed by atoms with Crippen LogP contribution in [0.1, 0.15) is 43.6 Å². The Morgan fingerprint density at radius 1 is 1.11 bits per heavy atom. The van der Waals surface area contributed by atoms with Gasteiger partial charge in [-0.05, 0) is 36.5 Å². The number of ether oxygens (including phenoxy) is 1. The van der Waals surface area contributed by atoms with Gasteiger partial charge >= 0.3 is 0 Å². The summed E-state index contributed by atoms with van der Waals surface area (Å²) in [5.41, 5.74) is 2.46. The maximum Gasteiger partial charge on any atom is 0.145 e. The molecule has 1 heterocycles. The number of aromatic nitrogens is 1. The summed E-state index contributed by atoms with van der Waals surface area (Å²) in [6, 6.07) is 8.42. The van der Waals surface area contributed by atoms with Crippen LogP contribution in [0.4, 0.5) is 0 Å². The molecule has 94 valence electrons. The van der Waals surface area contributed by atoms with Crippen molar-refractivity contribution in [3.8, 4) is 5.75 Å². The lowest BCUT2D eigenvalue weighted by atomic mass is 9.83. The molecule has 1 fully saturated rings. The van der Waals surface area contributed by atoms with Crippen LogP contribution in [-0.2, 0) is 0 Å². The molecule has 0 aliphatic heterocycles. The van der Waals surface area contributed by atoms with E-state index in [2.05, 4.69) is 23.2 Å². The molecule has 1 aromatic heterocycles. The van der Waals surface area contributed by atoms with Crippen LogP contribution < -0.4 is 4.74 Å². The molecule has 0 radical (unpaired) electrons. The lowest BCUT2D eigenvalue weighted by Crippen LogP contribution is -2.05. The zero-order valence-corrected chi connectivity index (χ0v) is 10.9. The molecule has 0 bridgehead atoms. The first kappa shape index (κ1) is 11.5. The normalized spacial score (nSPS) is 16.9. The molecule has 0 atom stereocenters. The van der Waals surface area contributed by atoms with Crippen LogP contribution in [0.25, 0.3) is 10.9 Å². The number of hydrogen-bond acceptors (Lipinski definition) is 2. The molecular formula is C16H19NO. The van der Waals surface area contributed by atoms with Crippen molar-refractivity contribution >= 4 is 10.9 Å². The lowest BCUT2D eigenvalue weighted by molar-refractivity contribution is 0.418. The molecule has 1 aliphatic carbocycles. The monoisotopic (exact) mass is 241 g/mol. The zero-order chi connectivity index (χ0) is 12.4. The molecule has 0 unspecified atom stereocenters. The van der Waals surface area contributed by atoms with Crippen LogP contribution in [0, 0.1) is 0 Å². The highest BCUT2D eigenvalue weighted by atomic mass is 16.5. The van der Waals surface area contributed by atoms with E-state index < -0.39 is 0 Å². The second-order valence-corrected chi connectivity index (χ2v) is 5.09. The van der Waals surface area contributed by atoms with E-state index in [0.29, 0.717) is 5.92 Å². The molecule has 2 nitrogen and oxygen atoms in total. The van der Waals surface area contributed by atoms with E-state index >= 15 is 0 Å². The van der Waals surface area contributed by atoms with Crippen molar-refractivity contribution in [2.45, 2.75) is 38.0 Å². The van der Waals surface area contributed by atoms with Crippen LogP contribution in [0.3, 0.4) is 0 Å². The van der Waals surface area contributed by atoms with Crippen molar-refractivity contribution in [1.82, 2.24) is 4.98 Å². The number of rotatable bonds is 2. The van der Waals surface area contributed by atoms with E-state index in [1.165, 1.54) is 43.1 Å². The lowest BCUT2D eigenvalue weighted by Gasteiger charge is -2.23. The van der Waals surface area contributed by atoms with E-state index in [9.17, 15) is 0 Å². The summed E-state index contributed by atoms with van der Waals surface area (Å²) >= 11 is 0. The molecule has 1 aromatic carbocycles. The molecule has 0 spiro atoms. The number of fused-ring (bicyclic) bond motifs is 1. The van der Waals surface area contributed by atoms with E-state index in [4.69, 9.17) is 4.74 Å². The number of nitrogens with zero attached hydrogens (tertiary/aromatic N) is 1. The standard InChI is InChI=1S/C16H19NO/c1-18-15-9-5-8-14-13(10-11-17-16(14)15)12-6-3-2-4-7-12/h5,8-12H,2-4,6-7H2,1H3. The van der Waals surface area contributed by atoms with Gasteiger partial charge in [-0.1, -0.05) is 31.4 Å². The van der Waals surface area contributed by atoms with E-state index in [1.54, 1.807) is 7.11 Å². The maximum absolute atomic E-state index is 5.41. The highest BCUT2D eigenvalue weighted by molar-refractivity contribution is 5.87. The molecular weight excluding hydrogens is 222 g/mol. The van der Waals surface area contributed by atoms with Crippen LogP contribution >= 0.6 is 0 Å². The van der Waals surface area contributed by atoms with Gasteiger partial charge in [-0.15, -0.1) is 0 Å². The molecule has 2 heteroatoms. The number of hydrogen-bond donors (Lipinski definition) is 0. The molecule has 18 heavy (non-hydrogen) atoms. The van der Waals surface area contributed by atoms with E-state index in [1.807, 2.05) is 12.3 Å². The highest BCUT2D eigenvalue weighted by Crippen LogP contribution is 2.37. The third-order valence-corrected chi connectivity index (χ3v) is 4.03. The predicted octanol–water partition coefficient (Wildman–Crippen LogP) is 4.29. The second kappa shape index (κ2) is 4.97. The van der Waals surface area contributed by atoms with Gasteiger partial charge in [0, 0.05) is 11.6 Å². The summed E-state index contributed by atoms with van der Waals surface area (Å²) in [4.78, 5) is 4.48. The van der Waals surface area contributed by atoms with Crippen LogP contribution in [-0.4, -0.2) is 12.1 Å². The van der Waals surface area contributed by atoms with Gasteiger partial charge in [0.05, 0.1) is 7.11 Å². The average molecular weight is 241 g/mol. The quantitative estimate of drug-likeness (QED) is 0.782. The number of para-hydroxylation sites is 1. The highest BCUT2D eigenvalue weighted by Gasteiger charge is 2.18. The maximum atomic E-state index is 5.41. The van der Waals surface area contributed by atoms with Crippen LogP contribution in [0.2, 0.25) is 0 Å². The Labute approximate surface area is 108 Å². The topological polar surface area (TPSA) is 22.1 Å². The summed E-state index contributed by atoms with van der Waals surface area (Å²) < 4.78 is 5.41. The predicted molar refractivity (Wildman–Crippen MR) is 74.1 cm³/mol. The minimum Gasteiger partial charge on any atom is -0.494 e. The van der Waals surface area contributed by atoms with Crippen molar-refractivity contribution in [2.24, 2.45) is 0 Å².